The van der Waals surface area contributed by atoms with Crippen LogP contribution in [0.4, 0.5) is 10.1 Å². The molecule has 0 radical (unpaired) electrons. The Labute approximate surface area is 102 Å². The molecule has 92 valence electrons. The third-order valence-corrected chi connectivity index (χ3v) is 3.26. The van der Waals surface area contributed by atoms with Gasteiger partial charge in [0.2, 0.25) is 0 Å². The molecule has 0 fully saturated rings. The molecule has 1 atom stereocenters. The first-order valence-corrected chi connectivity index (χ1v) is 6.03. The fourth-order valence-corrected chi connectivity index (χ4v) is 2.17. The Morgan fingerprint density at radius 2 is 2.18 bits per heavy atom. The van der Waals surface area contributed by atoms with Crippen LogP contribution in [0.5, 0.6) is 0 Å². The van der Waals surface area contributed by atoms with Crippen molar-refractivity contribution >= 4 is 5.69 Å². The molecule has 2 N–H and O–H groups in total. The van der Waals surface area contributed by atoms with Gasteiger partial charge in [0.15, 0.2) is 0 Å². The Balaban J connectivity index is 2.32. The number of hydrogen-bond donors (Lipinski definition) is 1. The van der Waals surface area contributed by atoms with E-state index in [4.69, 9.17) is 5.73 Å². The van der Waals surface area contributed by atoms with Crippen LogP contribution in [-0.4, -0.2) is 13.1 Å². The molecule has 2 rings (SSSR count). The van der Waals surface area contributed by atoms with Crippen molar-refractivity contribution in [1.82, 2.24) is 0 Å². The Morgan fingerprint density at radius 1 is 1.41 bits per heavy atom. The van der Waals surface area contributed by atoms with E-state index >= 15 is 0 Å². The van der Waals surface area contributed by atoms with Crippen molar-refractivity contribution in [2.75, 3.05) is 18.0 Å². The van der Waals surface area contributed by atoms with E-state index in [0.29, 0.717) is 0 Å². The highest BCUT2D eigenvalue weighted by Gasteiger charge is 2.16. The van der Waals surface area contributed by atoms with Gasteiger partial charge in [0.05, 0.1) is 0 Å². The highest BCUT2D eigenvalue weighted by molar-refractivity contribution is 5.56. The largest absolute Gasteiger partial charge is 0.367 e. The van der Waals surface area contributed by atoms with Crippen LogP contribution in [0.15, 0.2) is 29.8 Å². The van der Waals surface area contributed by atoms with E-state index in [9.17, 15) is 4.39 Å². The van der Waals surface area contributed by atoms with Gasteiger partial charge in [-0.1, -0.05) is 11.6 Å². The fourth-order valence-electron chi connectivity index (χ4n) is 2.17. The highest BCUT2D eigenvalue weighted by Crippen LogP contribution is 2.28. The van der Waals surface area contributed by atoms with Crippen molar-refractivity contribution in [3.05, 3.63) is 41.2 Å². The molecule has 3 heteroatoms. The number of nitrogens with two attached hydrogens (primary N) is 1. The summed E-state index contributed by atoms with van der Waals surface area (Å²) in [5.41, 5.74) is 9.28. The maximum atomic E-state index is 13.3. The van der Waals surface area contributed by atoms with Gasteiger partial charge in [-0.3, -0.25) is 0 Å². The summed E-state index contributed by atoms with van der Waals surface area (Å²) in [4.78, 5) is 2.26. The van der Waals surface area contributed by atoms with Crippen molar-refractivity contribution in [2.45, 2.75) is 26.3 Å². The predicted molar refractivity (Wildman–Crippen MR) is 69.6 cm³/mol. The third kappa shape index (κ3) is 2.67. The predicted octanol–water partition coefficient (Wildman–Crippen LogP) is 3.00. The Morgan fingerprint density at radius 3 is 2.76 bits per heavy atom. The lowest BCUT2D eigenvalue weighted by molar-refractivity contribution is 0.621. The van der Waals surface area contributed by atoms with Crippen LogP contribution in [0, 0.1) is 5.82 Å². The van der Waals surface area contributed by atoms with E-state index in [2.05, 4.69) is 17.9 Å². The fraction of sp³-hybridized carbons (Fsp3) is 0.429. The maximum Gasteiger partial charge on any atom is 0.123 e. The van der Waals surface area contributed by atoms with Crippen LogP contribution < -0.4 is 10.6 Å². The zero-order chi connectivity index (χ0) is 12.4. The topological polar surface area (TPSA) is 29.3 Å². The second kappa shape index (κ2) is 4.88. The van der Waals surface area contributed by atoms with Gasteiger partial charge in [-0.25, -0.2) is 4.39 Å². The highest BCUT2D eigenvalue weighted by atomic mass is 19.1. The minimum absolute atomic E-state index is 0.146. The lowest BCUT2D eigenvalue weighted by Crippen LogP contribution is -2.29. The summed E-state index contributed by atoms with van der Waals surface area (Å²) >= 11 is 0. The van der Waals surface area contributed by atoms with Crippen molar-refractivity contribution in [3.8, 4) is 0 Å². The first kappa shape index (κ1) is 12.1. The quantitative estimate of drug-likeness (QED) is 0.797. The smallest absolute Gasteiger partial charge is 0.123 e. The molecule has 0 saturated heterocycles. The normalized spacial score (nSPS) is 17.9. The summed E-state index contributed by atoms with van der Waals surface area (Å²) in [6, 6.07) is 4.74. The molecule has 0 spiro atoms. The Hall–Kier alpha value is -1.35. The minimum Gasteiger partial charge on any atom is -0.367 e. The van der Waals surface area contributed by atoms with Gasteiger partial charge in [0.1, 0.15) is 5.82 Å². The number of benzene rings is 1. The number of hydrogen-bond acceptors (Lipinski definition) is 2. The molecular weight excluding hydrogens is 215 g/mol. The number of nitrogens with zero attached hydrogens (tertiary/aromatic N) is 1. The molecule has 2 nitrogen and oxygen atoms in total. The van der Waals surface area contributed by atoms with Crippen LogP contribution in [0.25, 0.3) is 0 Å². The van der Waals surface area contributed by atoms with E-state index < -0.39 is 0 Å². The molecule has 1 aromatic rings. The SMILES string of the molecule is CC1=CCN(c2ccc(F)cc2[C@@H](C)N)CC1. The third-order valence-electron chi connectivity index (χ3n) is 3.26. The van der Waals surface area contributed by atoms with E-state index in [1.54, 1.807) is 6.07 Å². The summed E-state index contributed by atoms with van der Waals surface area (Å²) in [6.07, 6.45) is 3.29. The van der Waals surface area contributed by atoms with Crippen molar-refractivity contribution in [1.29, 1.82) is 0 Å². The summed E-state index contributed by atoms with van der Waals surface area (Å²) in [7, 11) is 0. The number of rotatable bonds is 2. The number of anilines is 1. The minimum atomic E-state index is -0.218. The van der Waals surface area contributed by atoms with Crippen molar-refractivity contribution in [3.63, 3.8) is 0 Å². The molecule has 1 heterocycles. The van der Waals surface area contributed by atoms with Crippen LogP contribution in [0.1, 0.15) is 31.9 Å². The van der Waals surface area contributed by atoms with Gasteiger partial charge >= 0.3 is 0 Å². The Bertz CT molecular complexity index is 438. The monoisotopic (exact) mass is 234 g/mol. The summed E-state index contributed by atoms with van der Waals surface area (Å²) in [6.45, 7) is 5.91. The summed E-state index contributed by atoms with van der Waals surface area (Å²) in [5.74, 6) is -0.218. The molecule has 0 amide bonds. The van der Waals surface area contributed by atoms with Gasteiger partial charge in [0.25, 0.3) is 0 Å². The van der Waals surface area contributed by atoms with Crippen LogP contribution in [0.2, 0.25) is 0 Å². The second-order valence-corrected chi connectivity index (χ2v) is 4.74. The summed E-state index contributed by atoms with van der Waals surface area (Å²) < 4.78 is 13.3. The average Bonchev–Trinajstić information content (AvgIpc) is 2.30. The van der Waals surface area contributed by atoms with Gasteiger partial charge in [0, 0.05) is 24.8 Å². The standard InChI is InChI=1S/C14H19FN2/c1-10-5-7-17(8-6-10)14-4-3-12(15)9-13(14)11(2)16/h3-5,9,11H,6-8,16H2,1-2H3/t11-/m1/s1. The van der Waals surface area contributed by atoms with Crippen LogP contribution >= 0.6 is 0 Å². The molecule has 0 bridgehead atoms. The molecule has 0 aliphatic carbocycles. The Kier molecular flexibility index (Phi) is 3.48. The van der Waals surface area contributed by atoms with Crippen LogP contribution in [-0.2, 0) is 0 Å². The maximum absolute atomic E-state index is 13.3. The molecular formula is C14H19FN2. The van der Waals surface area contributed by atoms with E-state index in [0.717, 1.165) is 30.8 Å². The van der Waals surface area contributed by atoms with E-state index in [-0.39, 0.29) is 11.9 Å². The average molecular weight is 234 g/mol. The first-order valence-electron chi connectivity index (χ1n) is 6.03. The zero-order valence-electron chi connectivity index (χ0n) is 10.4. The number of halogens is 1. The molecule has 0 aromatic heterocycles. The lowest BCUT2D eigenvalue weighted by Gasteiger charge is -2.30. The first-order chi connectivity index (χ1) is 8.08. The molecule has 1 aromatic carbocycles. The van der Waals surface area contributed by atoms with Crippen LogP contribution in [0.3, 0.4) is 0 Å². The van der Waals surface area contributed by atoms with Gasteiger partial charge in [-0.2, -0.15) is 0 Å². The molecule has 1 aliphatic heterocycles. The summed E-state index contributed by atoms with van der Waals surface area (Å²) in [5, 5.41) is 0. The zero-order valence-corrected chi connectivity index (χ0v) is 10.4. The van der Waals surface area contributed by atoms with E-state index in [1.165, 1.54) is 11.6 Å². The second-order valence-electron chi connectivity index (χ2n) is 4.74. The molecule has 0 unspecified atom stereocenters. The lowest BCUT2D eigenvalue weighted by atomic mass is 10.0. The van der Waals surface area contributed by atoms with Crippen molar-refractivity contribution < 1.29 is 4.39 Å². The molecule has 17 heavy (non-hydrogen) atoms. The van der Waals surface area contributed by atoms with Gasteiger partial charge in [-0.15, -0.1) is 0 Å². The van der Waals surface area contributed by atoms with Gasteiger partial charge < -0.3 is 10.6 Å². The molecule has 0 saturated carbocycles. The van der Waals surface area contributed by atoms with Gasteiger partial charge in [-0.05, 0) is 44.0 Å². The van der Waals surface area contributed by atoms with E-state index in [1.807, 2.05) is 13.0 Å². The van der Waals surface area contributed by atoms with Crippen molar-refractivity contribution in [2.24, 2.45) is 5.73 Å². The molecule has 1 aliphatic rings.